The quantitative estimate of drug-likeness (QED) is 0.639. The highest BCUT2D eigenvalue weighted by atomic mass is 32.2. The lowest BCUT2D eigenvalue weighted by atomic mass is 10.2. The van der Waals surface area contributed by atoms with Crippen molar-refractivity contribution >= 4 is 15.9 Å². The summed E-state index contributed by atoms with van der Waals surface area (Å²) >= 11 is 0. The van der Waals surface area contributed by atoms with Gasteiger partial charge in [0.15, 0.2) is 0 Å². The average molecular weight is 356 g/mol. The number of benzene rings is 1. The molecule has 0 saturated heterocycles. The van der Waals surface area contributed by atoms with E-state index in [0.717, 1.165) is 17.7 Å². The van der Waals surface area contributed by atoms with Crippen molar-refractivity contribution in [2.24, 2.45) is 0 Å². The standard InChI is InChI=1S/C17H25FN2O3S/c1-5-20(13-14(2)3)17(21)7-6-12-19(4)24(22,23)16-10-8-15(18)9-11-16/h8-11H,2,5-7,12-13H2,1,3-4H3. The molecular weight excluding hydrogens is 331 g/mol. The number of nitrogens with zero attached hydrogens (tertiary/aromatic N) is 2. The van der Waals surface area contributed by atoms with E-state index >= 15 is 0 Å². The predicted molar refractivity (Wildman–Crippen MR) is 92.5 cm³/mol. The second kappa shape index (κ2) is 8.94. The van der Waals surface area contributed by atoms with Gasteiger partial charge in [-0.1, -0.05) is 12.2 Å². The molecule has 1 amide bonds. The van der Waals surface area contributed by atoms with Gasteiger partial charge in [0.05, 0.1) is 4.90 Å². The summed E-state index contributed by atoms with van der Waals surface area (Å²) in [6.45, 7) is 8.88. The Balaban J connectivity index is 2.59. The molecule has 0 N–H and O–H groups in total. The van der Waals surface area contributed by atoms with E-state index in [-0.39, 0.29) is 23.8 Å². The summed E-state index contributed by atoms with van der Waals surface area (Å²) < 4.78 is 38.8. The van der Waals surface area contributed by atoms with E-state index in [1.54, 1.807) is 4.90 Å². The SMILES string of the molecule is C=C(C)CN(CC)C(=O)CCCN(C)S(=O)(=O)c1ccc(F)cc1. The molecule has 7 heteroatoms. The molecular formula is C17H25FN2O3S. The van der Waals surface area contributed by atoms with Gasteiger partial charge in [0.2, 0.25) is 15.9 Å². The molecule has 0 radical (unpaired) electrons. The first kappa shape index (κ1) is 20.3. The maximum Gasteiger partial charge on any atom is 0.242 e. The zero-order chi connectivity index (χ0) is 18.3. The van der Waals surface area contributed by atoms with Gasteiger partial charge in [-0.05, 0) is 44.5 Å². The van der Waals surface area contributed by atoms with E-state index in [4.69, 9.17) is 0 Å². The van der Waals surface area contributed by atoms with Crippen LogP contribution in [-0.2, 0) is 14.8 Å². The van der Waals surface area contributed by atoms with E-state index in [9.17, 15) is 17.6 Å². The predicted octanol–water partition coefficient (Wildman–Crippen LogP) is 2.65. The lowest BCUT2D eigenvalue weighted by Gasteiger charge is -2.22. The molecule has 5 nitrogen and oxygen atoms in total. The van der Waals surface area contributed by atoms with Gasteiger partial charge < -0.3 is 4.90 Å². The third-order valence-corrected chi connectivity index (χ3v) is 5.45. The molecule has 134 valence electrons. The number of hydrogen-bond acceptors (Lipinski definition) is 3. The number of carbonyl (C=O) groups excluding carboxylic acids is 1. The summed E-state index contributed by atoms with van der Waals surface area (Å²) in [4.78, 5) is 13.9. The molecule has 1 aromatic carbocycles. The Labute approximate surface area is 143 Å². The molecule has 0 aliphatic rings. The van der Waals surface area contributed by atoms with E-state index in [2.05, 4.69) is 6.58 Å². The Morgan fingerprint density at radius 2 is 1.83 bits per heavy atom. The van der Waals surface area contributed by atoms with Crippen molar-refractivity contribution in [2.45, 2.75) is 31.6 Å². The minimum absolute atomic E-state index is 0.0203. The lowest BCUT2D eigenvalue weighted by molar-refractivity contribution is -0.130. The molecule has 0 unspecified atom stereocenters. The van der Waals surface area contributed by atoms with Gasteiger partial charge in [0.1, 0.15) is 5.82 Å². The molecule has 1 aromatic rings. The fraction of sp³-hybridized carbons (Fsp3) is 0.471. The Morgan fingerprint density at radius 3 is 2.33 bits per heavy atom. The maximum atomic E-state index is 12.9. The van der Waals surface area contributed by atoms with Crippen LogP contribution in [-0.4, -0.2) is 50.2 Å². The first-order chi connectivity index (χ1) is 11.2. The van der Waals surface area contributed by atoms with Gasteiger partial charge >= 0.3 is 0 Å². The van der Waals surface area contributed by atoms with Gasteiger partial charge in [0, 0.05) is 33.1 Å². The Kier molecular flexibility index (Phi) is 7.57. The molecule has 0 aromatic heterocycles. The molecule has 24 heavy (non-hydrogen) atoms. The summed E-state index contributed by atoms with van der Waals surface area (Å²) in [5.41, 5.74) is 0.904. The number of halogens is 1. The number of likely N-dealkylation sites (N-methyl/N-ethyl adjacent to an activating group) is 1. The van der Waals surface area contributed by atoms with Crippen LogP contribution in [0, 0.1) is 5.82 Å². The molecule has 1 rings (SSSR count). The second-order valence-electron chi connectivity index (χ2n) is 5.75. The van der Waals surface area contributed by atoms with Crippen LogP contribution in [0.5, 0.6) is 0 Å². The lowest BCUT2D eigenvalue weighted by Crippen LogP contribution is -2.33. The van der Waals surface area contributed by atoms with Gasteiger partial charge in [-0.3, -0.25) is 4.79 Å². The molecule has 0 aliphatic carbocycles. The topological polar surface area (TPSA) is 57.7 Å². The highest BCUT2D eigenvalue weighted by Crippen LogP contribution is 2.15. The fourth-order valence-electron chi connectivity index (χ4n) is 2.22. The minimum atomic E-state index is -3.67. The number of sulfonamides is 1. The number of hydrogen-bond donors (Lipinski definition) is 0. The Hall–Kier alpha value is -1.73. The van der Waals surface area contributed by atoms with Crippen molar-refractivity contribution in [3.8, 4) is 0 Å². The van der Waals surface area contributed by atoms with Gasteiger partial charge in [-0.25, -0.2) is 17.1 Å². The van der Waals surface area contributed by atoms with Gasteiger partial charge in [0.25, 0.3) is 0 Å². The summed E-state index contributed by atoms with van der Waals surface area (Å²) in [6, 6.07) is 4.69. The van der Waals surface area contributed by atoms with Crippen molar-refractivity contribution < 1.29 is 17.6 Å². The largest absolute Gasteiger partial charge is 0.339 e. The normalized spacial score (nSPS) is 11.5. The zero-order valence-electron chi connectivity index (χ0n) is 14.5. The maximum absolute atomic E-state index is 12.9. The van der Waals surface area contributed by atoms with Crippen molar-refractivity contribution in [1.29, 1.82) is 0 Å². The number of rotatable bonds is 9. The van der Waals surface area contributed by atoms with E-state index in [1.807, 2.05) is 13.8 Å². The Bertz CT molecular complexity index is 672. The summed E-state index contributed by atoms with van der Waals surface area (Å²) in [5, 5.41) is 0. The van der Waals surface area contributed by atoms with E-state index in [0.29, 0.717) is 19.5 Å². The van der Waals surface area contributed by atoms with Crippen LogP contribution in [0.15, 0.2) is 41.3 Å². The third kappa shape index (κ3) is 5.72. The molecule has 0 spiro atoms. The Morgan fingerprint density at radius 1 is 1.25 bits per heavy atom. The number of carbonyl (C=O) groups is 1. The van der Waals surface area contributed by atoms with E-state index in [1.165, 1.54) is 23.5 Å². The van der Waals surface area contributed by atoms with Gasteiger partial charge in [-0.2, -0.15) is 0 Å². The molecule has 0 fully saturated rings. The van der Waals surface area contributed by atoms with Crippen LogP contribution in [0.1, 0.15) is 26.7 Å². The highest BCUT2D eigenvalue weighted by Gasteiger charge is 2.21. The molecule has 0 heterocycles. The number of amides is 1. The molecule has 0 aliphatic heterocycles. The minimum Gasteiger partial charge on any atom is -0.339 e. The van der Waals surface area contributed by atoms with Crippen molar-refractivity contribution in [2.75, 3.05) is 26.7 Å². The van der Waals surface area contributed by atoms with Crippen LogP contribution in [0.4, 0.5) is 4.39 Å². The fourth-order valence-corrected chi connectivity index (χ4v) is 3.43. The van der Waals surface area contributed by atoms with Crippen molar-refractivity contribution in [3.05, 3.63) is 42.2 Å². The van der Waals surface area contributed by atoms with Crippen LogP contribution in [0.25, 0.3) is 0 Å². The zero-order valence-corrected chi connectivity index (χ0v) is 15.3. The van der Waals surface area contributed by atoms with Crippen LogP contribution < -0.4 is 0 Å². The van der Waals surface area contributed by atoms with E-state index < -0.39 is 15.8 Å². The first-order valence-electron chi connectivity index (χ1n) is 7.82. The third-order valence-electron chi connectivity index (χ3n) is 3.58. The molecule has 0 saturated carbocycles. The van der Waals surface area contributed by atoms with Crippen LogP contribution in [0.2, 0.25) is 0 Å². The van der Waals surface area contributed by atoms with Crippen molar-refractivity contribution in [3.63, 3.8) is 0 Å². The average Bonchev–Trinajstić information content (AvgIpc) is 2.52. The summed E-state index contributed by atoms with van der Waals surface area (Å²) in [6.07, 6.45) is 0.687. The smallest absolute Gasteiger partial charge is 0.242 e. The summed E-state index contributed by atoms with van der Waals surface area (Å²) in [7, 11) is -2.22. The first-order valence-corrected chi connectivity index (χ1v) is 9.26. The second-order valence-corrected chi connectivity index (χ2v) is 7.79. The van der Waals surface area contributed by atoms with Crippen molar-refractivity contribution in [1.82, 2.24) is 9.21 Å². The molecule has 0 atom stereocenters. The highest BCUT2D eigenvalue weighted by molar-refractivity contribution is 7.89. The molecule has 0 bridgehead atoms. The van der Waals surface area contributed by atoms with Gasteiger partial charge in [-0.15, -0.1) is 0 Å². The monoisotopic (exact) mass is 356 g/mol. The van der Waals surface area contributed by atoms with Crippen LogP contribution in [0.3, 0.4) is 0 Å². The summed E-state index contributed by atoms with van der Waals surface area (Å²) in [5.74, 6) is -0.507. The van der Waals surface area contributed by atoms with Crippen LogP contribution >= 0.6 is 0 Å².